The van der Waals surface area contributed by atoms with E-state index in [1.54, 1.807) is 0 Å². The molecule has 0 aliphatic heterocycles. The molecule has 2 atom stereocenters. The standard InChI is InChI=1S/C7H12O3/c1-4-2-5(8)7(10)6(9)3-4/h4-6,8-9H,2-3H2,1H3. The fraction of sp³-hybridized carbons (Fsp3) is 0.857. The minimum atomic E-state index is -0.932. The molecule has 10 heavy (non-hydrogen) atoms. The predicted molar refractivity (Wildman–Crippen MR) is 35.4 cm³/mol. The van der Waals surface area contributed by atoms with Crippen molar-refractivity contribution in [1.82, 2.24) is 0 Å². The maximum absolute atomic E-state index is 10.8. The maximum Gasteiger partial charge on any atom is 0.189 e. The van der Waals surface area contributed by atoms with E-state index in [0.717, 1.165) is 0 Å². The van der Waals surface area contributed by atoms with Gasteiger partial charge in [-0.05, 0) is 18.8 Å². The quantitative estimate of drug-likeness (QED) is 0.491. The summed E-state index contributed by atoms with van der Waals surface area (Å²) in [6.07, 6.45) is -0.872. The van der Waals surface area contributed by atoms with E-state index >= 15 is 0 Å². The Labute approximate surface area is 59.7 Å². The molecule has 1 aliphatic carbocycles. The van der Waals surface area contributed by atoms with E-state index in [1.165, 1.54) is 0 Å². The number of Topliss-reactive ketones (excluding diaryl/α,β-unsaturated/α-hetero) is 1. The Balaban J connectivity index is 2.57. The highest BCUT2D eigenvalue weighted by Gasteiger charge is 2.31. The van der Waals surface area contributed by atoms with Gasteiger partial charge in [0.1, 0.15) is 12.2 Å². The normalized spacial score (nSPS) is 41.9. The van der Waals surface area contributed by atoms with Crippen LogP contribution >= 0.6 is 0 Å². The molecule has 0 aromatic rings. The number of carbonyl (C=O) groups excluding carboxylic acids is 1. The van der Waals surface area contributed by atoms with Crippen molar-refractivity contribution in [3.63, 3.8) is 0 Å². The van der Waals surface area contributed by atoms with Gasteiger partial charge in [-0.3, -0.25) is 4.79 Å². The first-order valence-electron chi connectivity index (χ1n) is 3.51. The van der Waals surface area contributed by atoms with Crippen LogP contribution in [-0.2, 0) is 4.79 Å². The van der Waals surface area contributed by atoms with Crippen molar-refractivity contribution in [2.45, 2.75) is 32.0 Å². The van der Waals surface area contributed by atoms with Crippen molar-refractivity contribution < 1.29 is 15.0 Å². The van der Waals surface area contributed by atoms with Gasteiger partial charge in [0.15, 0.2) is 5.78 Å². The molecule has 0 aromatic carbocycles. The van der Waals surface area contributed by atoms with Gasteiger partial charge in [-0.15, -0.1) is 0 Å². The Hall–Kier alpha value is -0.410. The summed E-state index contributed by atoms with van der Waals surface area (Å²) < 4.78 is 0. The highest BCUT2D eigenvalue weighted by molar-refractivity contribution is 5.87. The topological polar surface area (TPSA) is 57.5 Å². The summed E-state index contributed by atoms with van der Waals surface area (Å²) in [5.74, 6) is -0.166. The SMILES string of the molecule is CC1CC(O)C(=O)C(O)C1. The van der Waals surface area contributed by atoms with Crippen LogP contribution < -0.4 is 0 Å². The molecule has 0 bridgehead atoms. The molecule has 1 saturated carbocycles. The Morgan fingerprint density at radius 2 is 1.70 bits per heavy atom. The molecule has 2 N–H and O–H groups in total. The van der Waals surface area contributed by atoms with Gasteiger partial charge in [0.05, 0.1) is 0 Å². The lowest BCUT2D eigenvalue weighted by atomic mass is 9.86. The smallest absolute Gasteiger partial charge is 0.189 e. The van der Waals surface area contributed by atoms with Gasteiger partial charge in [0, 0.05) is 0 Å². The van der Waals surface area contributed by atoms with Crippen LogP contribution in [0.25, 0.3) is 0 Å². The van der Waals surface area contributed by atoms with E-state index in [2.05, 4.69) is 0 Å². The zero-order valence-electron chi connectivity index (χ0n) is 5.95. The summed E-state index contributed by atoms with van der Waals surface area (Å²) in [5.41, 5.74) is 0. The van der Waals surface area contributed by atoms with Gasteiger partial charge in [-0.2, -0.15) is 0 Å². The molecule has 2 unspecified atom stereocenters. The van der Waals surface area contributed by atoms with Crippen LogP contribution in [0.4, 0.5) is 0 Å². The van der Waals surface area contributed by atoms with E-state index in [1.807, 2.05) is 6.92 Å². The molecule has 3 heteroatoms. The third kappa shape index (κ3) is 1.36. The molecule has 0 spiro atoms. The molecule has 1 rings (SSSR count). The van der Waals surface area contributed by atoms with E-state index in [4.69, 9.17) is 10.2 Å². The van der Waals surface area contributed by atoms with Crippen LogP contribution in [0.5, 0.6) is 0 Å². The van der Waals surface area contributed by atoms with Crippen molar-refractivity contribution in [2.24, 2.45) is 5.92 Å². The number of ketones is 1. The first-order valence-corrected chi connectivity index (χ1v) is 3.51. The van der Waals surface area contributed by atoms with Gasteiger partial charge in [-0.1, -0.05) is 6.92 Å². The first kappa shape index (κ1) is 7.69. The highest BCUT2D eigenvalue weighted by atomic mass is 16.3. The van der Waals surface area contributed by atoms with Gasteiger partial charge in [0.2, 0.25) is 0 Å². The molecular formula is C7H12O3. The van der Waals surface area contributed by atoms with Gasteiger partial charge < -0.3 is 10.2 Å². The minimum absolute atomic E-state index is 0.252. The van der Waals surface area contributed by atoms with Crippen LogP contribution in [-0.4, -0.2) is 28.2 Å². The van der Waals surface area contributed by atoms with E-state index in [0.29, 0.717) is 12.8 Å². The zero-order chi connectivity index (χ0) is 7.72. The van der Waals surface area contributed by atoms with Crippen LogP contribution in [0, 0.1) is 5.92 Å². The summed E-state index contributed by atoms with van der Waals surface area (Å²) >= 11 is 0. The third-order valence-corrected chi connectivity index (χ3v) is 1.91. The second-order valence-electron chi connectivity index (χ2n) is 3.01. The van der Waals surface area contributed by atoms with Gasteiger partial charge >= 0.3 is 0 Å². The molecule has 1 aliphatic rings. The highest BCUT2D eigenvalue weighted by Crippen LogP contribution is 2.21. The summed E-state index contributed by atoms with van der Waals surface area (Å²) in [6, 6.07) is 0. The average molecular weight is 144 g/mol. The van der Waals surface area contributed by atoms with Gasteiger partial charge in [0.25, 0.3) is 0 Å². The van der Waals surface area contributed by atoms with Crippen LogP contribution in [0.1, 0.15) is 19.8 Å². The van der Waals surface area contributed by atoms with E-state index in [9.17, 15) is 4.79 Å². The Morgan fingerprint density at radius 3 is 2.10 bits per heavy atom. The van der Waals surface area contributed by atoms with E-state index < -0.39 is 18.0 Å². The molecule has 0 aromatic heterocycles. The summed E-state index contributed by atoms with van der Waals surface area (Å²) in [4.78, 5) is 10.8. The van der Waals surface area contributed by atoms with Crippen LogP contribution in [0.15, 0.2) is 0 Å². The Kier molecular flexibility index (Phi) is 2.06. The molecule has 58 valence electrons. The number of aliphatic hydroxyl groups excluding tert-OH is 2. The largest absolute Gasteiger partial charge is 0.385 e. The first-order chi connectivity index (χ1) is 4.61. The monoisotopic (exact) mass is 144 g/mol. The zero-order valence-corrected chi connectivity index (χ0v) is 5.95. The lowest BCUT2D eigenvalue weighted by Gasteiger charge is -2.25. The summed E-state index contributed by atoms with van der Waals surface area (Å²) in [5, 5.41) is 18.0. The lowest BCUT2D eigenvalue weighted by molar-refractivity contribution is -0.141. The number of aliphatic hydroxyl groups is 2. The Bertz CT molecular complexity index is 130. The van der Waals surface area contributed by atoms with Gasteiger partial charge in [-0.25, -0.2) is 0 Å². The van der Waals surface area contributed by atoms with Crippen LogP contribution in [0.2, 0.25) is 0 Å². The van der Waals surface area contributed by atoms with Crippen molar-refractivity contribution >= 4 is 5.78 Å². The number of rotatable bonds is 0. The molecule has 0 radical (unpaired) electrons. The fourth-order valence-corrected chi connectivity index (χ4v) is 1.31. The fourth-order valence-electron chi connectivity index (χ4n) is 1.31. The van der Waals surface area contributed by atoms with Crippen molar-refractivity contribution in [3.05, 3.63) is 0 Å². The van der Waals surface area contributed by atoms with Crippen molar-refractivity contribution in [2.75, 3.05) is 0 Å². The average Bonchev–Trinajstić information content (AvgIpc) is 1.82. The number of hydrogen-bond donors (Lipinski definition) is 2. The Morgan fingerprint density at radius 1 is 1.30 bits per heavy atom. The number of hydrogen-bond acceptors (Lipinski definition) is 3. The van der Waals surface area contributed by atoms with Crippen molar-refractivity contribution in [1.29, 1.82) is 0 Å². The minimum Gasteiger partial charge on any atom is -0.385 e. The predicted octanol–water partition coefficient (Wildman–Crippen LogP) is -0.293. The third-order valence-electron chi connectivity index (χ3n) is 1.91. The molecule has 0 saturated heterocycles. The molecule has 0 amide bonds. The summed E-state index contributed by atoms with van der Waals surface area (Å²) in [7, 11) is 0. The van der Waals surface area contributed by atoms with E-state index in [-0.39, 0.29) is 5.92 Å². The molecule has 0 heterocycles. The molecule has 1 fully saturated rings. The van der Waals surface area contributed by atoms with Crippen molar-refractivity contribution in [3.8, 4) is 0 Å². The molecule has 3 nitrogen and oxygen atoms in total. The second kappa shape index (κ2) is 2.68. The maximum atomic E-state index is 10.8. The lowest BCUT2D eigenvalue weighted by Crippen LogP contribution is -2.39. The van der Waals surface area contributed by atoms with Crippen LogP contribution in [0.3, 0.4) is 0 Å². The molecular weight excluding hydrogens is 132 g/mol. The number of carbonyl (C=O) groups is 1. The summed E-state index contributed by atoms with van der Waals surface area (Å²) in [6.45, 7) is 1.92. The second-order valence-corrected chi connectivity index (χ2v) is 3.01.